The van der Waals surface area contributed by atoms with Gasteiger partial charge in [-0.2, -0.15) is 0 Å². The summed E-state index contributed by atoms with van der Waals surface area (Å²) in [4.78, 5) is 2.23. The summed E-state index contributed by atoms with van der Waals surface area (Å²) in [5, 5.41) is 0. The Morgan fingerprint density at radius 3 is 2.31 bits per heavy atom. The van der Waals surface area contributed by atoms with E-state index in [0.29, 0.717) is 31.0 Å². The molecule has 0 radical (unpaired) electrons. The molecule has 4 nitrogen and oxygen atoms in total. The lowest BCUT2D eigenvalue weighted by Gasteiger charge is -2.32. The molecule has 0 spiro atoms. The van der Waals surface area contributed by atoms with Crippen molar-refractivity contribution in [1.82, 2.24) is 9.62 Å². The summed E-state index contributed by atoms with van der Waals surface area (Å²) < 4.78 is 51.6. The van der Waals surface area contributed by atoms with Crippen LogP contribution < -0.4 is 4.72 Å². The highest BCUT2D eigenvalue weighted by Gasteiger charge is 2.20. The molecule has 0 atom stereocenters. The van der Waals surface area contributed by atoms with Gasteiger partial charge in [-0.15, -0.1) is 0 Å². The highest BCUT2D eigenvalue weighted by atomic mass is 32.2. The van der Waals surface area contributed by atoms with Gasteiger partial charge in [0.1, 0.15) is 11.6 Å². The van der Waals surface area contributed by atoms with E-state index in [2.05, 4.69) is 33.9 Å². The average Bonchev–Trinajstić information content (AvgIpc) is 2.66. The first-order valence-electron chi connectivity index (χ1n) is 9.97. The molecule has 1 heterocycles. The Kier molecular flexibility index (Phi) is 7.38. The molecule has 1 aliphatic heterocycles. The zero-order chi connectivity index (χ0) is 20.9. The third-order valence-electron chi connectivity index (χ3n) is 5.44. The number of benzene rings is 2. The Bertz CT molecular complexity index is 909. The molecule has 0 amide bonds. The SMILES string of the molecule is CS(=O)(=O)NCCc1ccc(CC2CCN(Cc3ccc(F)cc3F)CC2)cc1. The van der Waals surface area contributed by atoms with Gasteiger partial charge < -0.3 is 0 Å². The maximum absolute atomic E-state index is 13.8. The highest BCUT2D eigenvalue weighted by Crippen LogP contribution is 2.24. The van der Waals surface area contributed by atoms with E-state index >= 15 is 0 Å². The smallest absolute Gasteiger partial charge is 0.208 e. The highest BCUT2D eigenvalue weighted by molar-refractivity contribution is 7.88. The third-order valence-corrected chi connectivity index (χ3v) is 6.17. The van der Waals surface area contributed by atoms with Gasteiger partial charge in [0.15, 0.2) is 0 Å². The second-order valence-corrected chi connectivity index (χ2v) is 9.73. The zero-order valence-corrected chi connectivity index (χ0v) is 17.5. The van der Waals surface area contributed by atoms with Crippen molar-refractivity contribution in [2.24, 2.45) is 5.92 Å². The van der Waals surface area contributed by atoms with Crippen LogP contribution in [0.2, 0.25) is 0 Å². The van der Waals surface area contributed by atoms with E-state index in [1.807, 2.05) is 0 Å². The van der Waals surface area contributed by atoms with Gasteiger partial charge in [-0.05, 0) is 61.9 Å². The number of hydrogen-bond acceptors (Lipinski definition) is 3. The number of piperidine rings is 1. The Morgan fingerprint density at radius 2 is 1.69 bits per heavy atom. The molecule has 1 N–H and O–H groups in total. The van der Waals surface area contributed by atoms with E-state index in [9.17, 15) is 17.2 Å². The molecule has 1 saturated heterocycles. The number of nitrogens with zero attached hydrogens (tertiary/aromatic N) is 1. The lowest BCUT2D eigenvalue weighted by Crippen LogP contribution is -2.34. The minimum atomic E-state index is -3.14. The number of likely N-dealkylation sites (tertiary alicyclic amines) is 1. The van der Waals surface area contributed by atoms with Crippen LogP contribution in [0.4, 0.5) is 8.78 Å². The fourth-order valence-electron chi connectivity index (χ4n) is 3.80. The van der Waals surface area contributed by atoms with E-state index < -0.39 is 21.7 Å². The predicted octanol–water partition coefficient (Wildman–Crippen LogP) is 3.51. The zero-order valence-electron chi connectivity index (χ0n) is 16.7. The van der Waals surface area contributed by atoms with Crippen LogP contribution in [0.3, 0.4) is 0 Å². The van der Waals surface area contributed by atoms with Gasteiger partial charge >= 0.3 is 0 Å². The maximum atomic E-state index is 13.8. The largest absolute Gasteiger partial charge is 0.299 e. The second-order valence-electron chi connectivity index (χ2n) is 7.89. The summed E-state index contributed by atoms with van der Waals surface area (Å²) in [5.41, 5.74) is 2.94. The van der Waals surface area contributed by atoms with Crippen LogP contribution >= 0.6 is 0 Å². The molecule has 158 valence electrons. The van der Waals surface area contributed by atoms with Gasteiger partial charge in [-0.25, -0.2) is 21.9 Å². The van der Waals surface area contributed by atoms with Crippen molar-refractivity contribution >= 4 is 10.0 Å². The average molecular weight is 423 g/mol. The topological polar surface area (TPSA) is 49.4 Å². The van der Waals surface area contributed by atoms with Crippen LogP contribution in [-0.2, 0) is 29.4 Å². The van der Waals surface area contributed by atoms with Crippen molar-refractivity contribution < 1.29 is 17.2 Å². The van der Waals surface area contributed by atoms with Crippen molar-refractivity contribution in [3.8, 4) is 0 Å². The van der Waals surface area contributed by atoms with E-state index in [1.54, 1.807) is 0 Å². The van der Waals surface area contributed by atoms with Crippen molar-refractivity contribution in [3.05, 3.63) is 70.8 Å². The molecule has 2 aromatic carbocycles. The Balaban J connectivity index is 1.43. The van der Waals surface area contributed by atoms with Gasteiger partial charge in [0.05, 0.1) is 6.26 Å². The molecule has 0 aromatic heterocycles. The number of sulfonamides is 1. The number of hydrogen-bond donors (Lipinski definition) is 1. The molecule has 3 rings (SSSR count). The van der Waals surface area contributed by atoms with Crippen LogP contribution in [0, 0.1) is 17.6 Å². The first-order chi connectivity index (χ1) is 13.8. The number of rotatable bonds is 8. The van der Waals surface area contributed by atoms with E-state index in [0.717, 1.165) is 50.2 Å². The van der Waals surface area contributed by atoms with Gasteiger partial charge in [-0.3, -0.25) is 4.90 Å². The summed E-state index contributed by atoms with van der Waals surface area (Å²) in [6.45, 7) is 2.76. The molecule has 1 fully saturated rings. The molecule has 0 unspecified atom stereocenters. The molecule has 7 heteroatoms. The van der Waals surface area contributed by atoms with Gasteiger partial charge in [-0.1, -0.05) is 30.3 Å². The van der Waals surface area contributed by atoms with E-state index in [1.165, 1.54) is 17.7 Å². The number of nitrogens with one attached hydrogen (secondary N) is 1. The van der Waals surface area contributed by atoms with Crippen molar-refractivity contribution in [1.29, 1.82) is 0 Å². The molecule has 0 bridgehead atoms. The summed E-state index contributed by atoms with van der Waals surface area (Å²) in [7, 11) is -3.14. The van der Waals surface area contributed by atoms with E-state index in [-0.39, 0.29) is 0 Å². The summed E-state index contributed by atoms with van der Waals surface area (Å²) in [6.07, 6.45) is 4.97. The van der Waals surface area contributed by atoms with Crippen molar-refractivity contribution in [2.75, 3.05) is 25.9 Å². The quantitative estimate of drug-likeness (QED) is 0.708. The van der Waals surface area contributed by atoms with Crippen LogP contribution in [0.15, 0.2) is 42.5 Å². The first-order valence-corrected chi connectivity index (χ1v) is 11.9. The molecule has 0 aliphatic carbocycles. The molecular formula is C22H28F2N2O2S. The minimum absolute atomic E-state index is 0.408. The van der Waals surface area contributed by atoms with Gasteiger partial charge in [0, 0.05) is 24.7 Å². The van der Waals surface area contributed by atoms with Crippen LogP contribution in [0.5, 0.6) is 0 Å². The summed E-state index contributed by atoms with van der Waals surface area (Å²) in [6, 6.07) is 12.2. The Labute approximate surface area is 172 Å². The fourth-order valence-corrected chi connectivity index (χ4v) is 4.27. The summed E-state index contributed by atoms with van der Waals surface area (Å²) in [5.74, 6) is -0.413. The normalized spacial score (nSPS) is 16.2. The summed E-state index contributed by atoms with van der Waals surface area (Å²) >= 11 is 0. The standard InChI is InChI=1S/C22H28F2N2O2S/c1-29(27,28)25-11-8-17-2-4-18(5-3-17)14-19-9-12-26(13-10-19)16-20-6-7-21(23)15-22(20)24/h2-7,15,19,25H,8-14,16H2,1H3. The first kappa shape index (κ1) is 21.9. The molecule has 29 heavy (non-hydrogen) atoms. The lowest BCUT2D eigenvalue weighted by atomic mass is 9.89. The molecule has 1 aliphatic rings. The molecule has 0 saturated carbocycles. The monoisotopic (exact) mass is 422 g/mol. The Hall–Kier alpha value is -1.83. The van der Waals surface area contributed by atoms with Crippen LogP contribution in [0.1, 0.15) is 29.5 Å². The van der Waals surface area contributed by atoms with Crippen LogP contribution in [0.25, 0.3) is 0 Å². The maximum Gasteiger partial charge on any atom is 0.208 e. The predicted molar refractivity (Wildman–Crippen MR) is 111 cm³/mol. The fraction of sp³-hybridized carbons (Fsp3) is 0.455. The molecular weight excluding hydrogens is 394 g/mol. The van der Waals surface area contributed by atoms with Crippen molar-refractivity contribution in [2.45, 2.75) is 32.2 Å². The lowest BCUT2D eigenvalue weighted by molar-refractivity contribution is 0.175. The Morgan fingerprint density at radius 1 is 1.03 bits per heavy atom. The van der Waals surface area contributed by atoms with Crippen molar-refractivity contribution in [3.63, 3.8) is 0 Å². The van der Waals surface area contributed by atoms with Crippen LogP contribution in [-0.4, -0.2) is 39.2 Å². The second kappa shape index (κ2) is 9.78. The third kappa shape index (κ3) is 7.17. The molecule has 2 aromatic rings. The van der Waals surface area contributed by atoms with E-state index in [4.69, 9.17) is 0 Å². The number of halogens is 2. The van der Waals surface area contributed by atoms with Gasteiger partial charge in [0.25, 0.3) is 0 Å². The van der Waals surface area contributed by atoms with Gasteiger partial charge in [0.2, 0.25) is 10.0 Å². The minimum Gasteiger partial charge on any atom is -0.299 e.